The SMILES string of the molecule is COc1ccccc1CNC(=O)c1cccc(C(=O)NCCCN(C)C)n1. The Labute approximate surface area is 159 Å². The zero-order valence-corrected chi connectivity index (χ0v) is 16.0. The predicted octanol–water partition coefficient (Wildman–Crippen LogP) is 1.70. The van der Waals surface area contributed by atoms with Crippen LogP contribution in [0, 0.1) is 0 Å². The van der Waals surface area contributed by atoms with Crippen molar-refractivity contribution in [2.75, 3.05) is 34.3 Å². The molecule has 2 N–H and O–H groups in total. The lowest BCUT2D eigenvalue weighted by Crippen LogP contribution is -2.29. The molecule has 0 aliphatic heterocycles. The summed E-state index contributed by atoms with van der Waals surface area (Å²) < 4.78 is 5.27. The van der Waals surface area contributed by atoms with Gasteiger partial charge < -0.3 is 20.3 Å². The number of nitrogens with zero attached hydrogens (tertiary/aromatic N) is 2. The molecule has 2 amide bonds. The lowest BCUT2D eigenvalue weighted by atomic mass is 10.2. The molecule has 0 radical (unpaired) electrons. The smallest absolute Gasteiger partial charge is 0.270 e. The van der Waals surface area contributed by atoms with E-state index in [0.717, 1.165) is 18.5 Å². The van der Waals surface area contributed by atoms with E-state index in [9.17, 15) is 9.59 Å². The number of benzene rings is 1. The van der Waals surface area contributed by atoms with Gasteiger partial charge in [-0.05, 0) is 45.3 Å². The lowest BCUT2D eigenvalue weighted by Gasteiger charge is -2.11. The Bertz CT molecular complexity index is 777. The molecule has 144 valence electrons. The number of hydrogen-bond acceptors (Lipinski definition) is 5. The van der Waals surface area contributed by atoms with E-state index in [2.05, 4.69) is 20.5 Å². The second-order valence-corrected chi connectivity index (χ2v) is 6.32. The fraction of sp³-hybridized carbons (Fsp3) is 0.350. The highest BCUT2D eigenvalue weighted by Crippen LogP contribution is 2.16. The first kappa shape index (κ1) is 20.4. The van der Waals surface area contributed by atoms with E-state index in [1.165, 1.54) is 0 Å². The fourth-order valence-corrected chi connectivity index (χ4v) is 2.49. The largest absolute Gasteiger partial charge is 0.496 e. The van der Waals surface area contributed by atoms with Gasteiger partial charge in [0.05, 0.1) is 7.11 Å². The van der Waals surface area contributed by atoms with E-state index in [1.54, 1.807) is 25.3 Å². The third kappa shape index (κ3) is 6.38. The van der Waals surface area contributed by atoms with E-state index in [4.69, 9.17) is 4.74 Å². The van der Waals surface area contributed by atoms with Gasteiger partial charge in [0.1, 0.15) is 17.1 Å². The van der Waals surface area contributed by atoms with Gasteiger partial charge >= 0.3 is 0 Å². The zero-order valence-electron chi connectivity index (χ0n) is 16.0. The van der Waals surface area contributed by atoms with Crippen molar-refractivity contribution in [1.82, 2.24) is 20.5 Å². The summed E-state index contributed by atoms with van der Waals surface area (Å²) in [5.41, 5.74) is 1.29. The van der Waals surface area contributed by atoms with Crippen LogP contribution in [0.15, 0.2) is 42.5 Å². The van der Waals surface area contributed by atoms with Crippen LogP contribution < -0.4 is 15.4 Å². The summed E-state index contributed by atoms with van der Waals surface area (Å²) >= 11 is 0. The summed E-state index contributed by atoms with van der Waals surface area (Å²) in [5.74, 6) is 0.0768. The molecule has 1 aromatic heterocycles. The van der Waals surface area contributed by atoms with E-state index in [0.29, 0.717) is 18.8 Å². The van der Waals surface area contributed by atoms with Crippen LogP contribution in [0.4, 0.5) is 0 Å². The number of nitrogens with one attached hydrogen (secondary N) is 2. The maximum atomic E-state index is 12.4. The topological polar surface area (TPSA) is 83.6 Å². The number of hydrogen-bond donors (Lipinski definition) is 2. The van der Waals surface area contributed by atoms with Gasteiger partial charge in [-0.2, -0.15) is 0 Å². The van der Waals surface area contributed by atoms with Crippen molar-refractivity contribution in [3.63, 3.8) is 0 Å². The first-order chi connectivity index (χ1) is 13.0. The van der Waals surface area contributed by atoms with Crippen molar-refractivity contribution < 1.29 is 14.3 Å². The summed E-state index contributed by atoms with van der Waals surface area (Å²) in [5, 5.41) is 5.62. The number of carbonyl (C=O) groups is 2. The quantitative estimate of drug-likeness (QED) is 0.657. The van der Waals surface area contributed by atoms with Crippen LogP contribution in [-0.4, -0.2) is 56.0 Å². The van der Waals surface area contributed by atoms with E-state index >= 15 is 0 Å². The molecule has 2 aromatic rings. The standard InChI is InChI=1S/C20H26N4O3/c1-24(2)13-7-12-21-19(25)16-9-6-10-17(23-16)20(26)22-14-15-8-4-5-11-18(15)27-3/h4-6,8-11H,7,12-14H2,1-3H3,(H,21,25)(H,22,26). The van der Waals surface area contributed by atoms with Gasteiger partial charge in [0.25, 0.3) is 11.8 Å². The van der Waals surface area contributed by atoms with E-state index < -0.39 is 0 Å². The minimum atomic E-state index is -0.344. The number of para-hydroxylation sites is 1. The van der Waals surface area contributed by atoms with Crippen molar-refractivity contribution in [2.45, 2.75) is 13.0 Å². The lowest BCUT2D eigenvalue weighted by molar-refractivity contribution is 0.0942. The Kier molecular flexibility index (Phi) is 7.76. The van der Waals surface area contributed by atoms with E-state index in [1.807, 2.05) is 38.4 Å². The number of pyridine rings is 1. The highest BCUT2D eigenvalue weighted by molar-refractivity contribution is 5.96. The van der Waals surface area contributed by atoms with Crippen LogP contribution in [0.3, 0.4) is 0 Å². The van der Waals surface area contributed by atoms with E-state index in [-0.39, 0.29) is 23.2 Å². The minimum absolute atomic E-state index is 0.200. The maximum absolute atomic E-state index is 12.4. The molecule has 27 heavy (non-hydrogen) atoms. The molecule has 7 heteroatoms. The van der Waals surface area contributed by atoms with Gasteiger partial charge in [-0.25, -0.2) is 4.98 Å². The predicted molar refractivity (Wildman–Crippen MR) is 104 cm³/mol. The van der Waals surface area contributed by atoms with Crippen molar-refractivity contribution in [1.29, 1.82) is 0 Å². The second-order valence-electron chi connectivity index (χ2n) is 6.32. The molecule has 1 heterocycles. The average molecular weight is 370 g/mol. The number of amides is 2. The Morgan fingerprint density at radius 2 is 1.67 bits per heavy atom. The number of methoxy groups -OCH3 is 1. The molecule has 0 spiro atoms. The highest BCUT2D eigenvalue weighted by Gasteiger charge is 2.12. The van der Waals surface area contributed by atoms with Crippen LogP contribution in [0.1, 0.15) is 33.0 Å². The molecular formula is C20H26N4O3. The normalized spacial score (nSPS) is 10.5. The van der Waals surface area contributed by atoms with Gasteiger partial charge in [0, 0.05) is 18.7 Å². The van der Waals surface area contributed by atoms with Crippen LogP contribution in [0.25, 0.3) is 0 Å². The summed E-state index contributed by atoms with van der Waals surface area (Å²) in [7, 11) is 5.55. The zero-order chi connectivity index (χ0) is 19.6. The Morgan fingerprint density at radius 3 is 2.33 bits per heavy atom. The molecule has 0 unspecified atom stereocenters. The first-order valence-electron chi connectivity index (χ1n) is 8.81. The first-order valence-corrected chi connectivity index (χ1v) is 8.81. The molecule has 0 bridgehead atoms. The summed E-state index contributed by atoms with van der Waals surface area (Å²) in [6, 6.07) is 12.3. The van der Waals surface area contributed by atoms with Crippen molar-refractivity contribution in [3.05, 3.63) is 59.4 Å². The van der Waals surface area contributed by atoms with Crippen LogP contribution in [0.2, 0.25) is 0 Å². The van der Waals surface area contributed by atoms with Crippen molar-refractivity contribution >= 4 is 11.8 Å². The molecule has 0 aliphatic rings. The van der Waals surface area contributed by atoms with Gasteiger partial charge in [-0.1, -0.05) is 24.3 Å². The Balaban J connectivity index is 1.93. The molecule has 2 rings (SSSR count). The number of carbonyl (C=O) groups excluding carboxylic acids is 2. The number of rotatable bonds is 9. The molecule has 0 saturated carbocycles. The van der Waals surface area contributed by atoms with Gasteiger partial charge in [0.15, 0.2) is 0 Å². The summed E-state index contributed by atoms with van der Waals surface area (Å²) in [6.07, 6.45) is 0.845. The third-order valence-electron chi connectivity index (χ3n) is 3.91. The Morgan fingerprint density at radius 1 is 1.00 bits per heavy atom. The Hall–Kier alpha value is -2.93. The van der Waals surface area contributed by atoms with Crippen LogP contribution in [-0.2, 0) is 6.54 Å². The highest BCUT2D eigenvalue weighted by atomic mass is 16.5. The molecule has 1 aromatic carbocycles. The average Bonchev–Trinajstić information content (AvgIpc) is 2.69. The molecule has 7 nitrogen and oxygen atoms in total. The summed E-state index contributed by atoms with van der Waals surface area (Å²) in [6.45, 7) is 1.76. The number of aromatic nitrogens is 1. The number of ether oxygens (including phenoxy) is 1. The third-order valence-corrected chi connectivity index (χ3v) is 3.91. The van der Waals surface area contributed by atoms with Crippen molar-refractivity contribution in [3.8, 4) is 5.75 Å². The monoisotopic (exact) mass is 370 g/mol. The molecular weight excluding hydrogens is 344 g/mol. The van der Waals surface area contributed by atoms with Crippen LogP contribution in [0.5, 0.6) is 5.75 Å². The fourth-order valence-electron chi connectivity index (χ4n) is 2.49. The maximum Gasteiger partial charge on any atom is 0.270 e. The van der Waals surface area contributed by atoms with Crippen molar-refractivity contribution in [2.24, 2.45) is 0 Å². The second kappa shape index (κ2) is 10.3. The molecule has 0 atom stereocenters. The molecule has 0 saturated heterocycles. The van der Waals surface area contributed by atoms with Crippen LogP contribution >= 0.6 is 0 Å². The van der Waals surface area contributed by atoms with Gasteiger partial charge in [-0.15, -0.1) is 0 Å². The van der Waals surface area contributed by atoms with Gasteiger partial charge in [0.2, 0.25) is 0 Å². The molecule has 0 fully saturated rings. The summed E-state index contributed by atoms with van der Waals surface area (Å²) in [4.78, 5) is 30.8. The molecule has 0 aliphatic carbocycles. The minimum Gasteiger partial charge on any atom is -0.496 e. The van der Waals surface area contributed by atoms with Gasteiger partial charge in [-0.3, -0.25) is 9.59 Å².